The second-order valence-corrected chi connectivity index (χ2v) is 2.15. The van der Waals surface area contributed by atoms with Gasteiger partial charge in [-0.3, -0.25) is 4.52 Å². The van der Waals surface area contributed by atoms with E-state index in [9.17, 15) is 0 Å². The maximum absolute atomic E-state index is 5.31. The summed E-state index contributed by atoms with van der Waals surface area (Å²) in [7, 11) is 1.85. The van der Waals surface area contributed by atoms with Gasteiger partial charge in [0.05, 0.1) is 18.4 Å². The standard InChI is InChI=1S/C6H11N4O/c1-3-4-9(2)10-5-6(7)11-8-10/h3,5H,1,4,7H2,2H3/q+1. The van der Waals surface area contributed by atoms with Gasteiger partial charge in [-0.25, -0.2) is 0 Å². The van der Waals surface area contributed by atoms with E-state index in [1.807, 2.05) is 7.05 Å². The first-order valence-electron chi connectivity index (χ1n) is 3.20. The van der Waals surface area contributed by atoms with Crippen LogP contribution in [0.15, 0.2) is 23.4 Å². The maximum atomic E-state index is 5.31. The molecule has 0 saturated heterocycles. The highest BCUT2D eigenvalue weighted by Crippen LogP contribution is 1.89. The summed E-state index contributed by atoms with van der Waals surface area (Å²) in [6, 6.07) is 0. The predicted octanol–water partition coefficient (Wildman–Crippen LogP) is -0.702. The molecular weight excluding hydrogens is 144 g/mol. The number of hydrogen-bond acceptors (Lipinski definition) is 4. The van der Waals surface area contributed by atoms with E-state index in [-0.39, 0.29) is 0 Å². The van der Waals surface area contributed by atoms with E-state index in [4.69, 9.17) is 5.73 Å². The molecule has 0 fully saturated rings. The molecule has 1 aromatic rings. The Morgan fingerprint density at radius 1 is 2.00 bits per heavy atom. The SMILES string of the molecule is C=CCN(C)[n+]1cc(N)on1. The topological polar surface area (TPSA) is 59.2 Å². The Morgan fingerprint density at radius 2 is 2.73 bits per heavy atom. The van der Waals surface area contributed by atoms with Gasteiger partial charge in [0, 0.05) is 0 Å². The molecule has 0 spiro atoms. The Hall–Kier alpha value is -1.52. The van der Waals surface area contributed by atoms with Crippen molar-refractivity contribution in [1.82, 2.24) is 5.27 Å². The molecule has 0 saturated carbocycles. The number of aromatic nitrogens is 2. The van der Waals surface area contributed by atoms with Crippen LogP contribution in [0.25, 0.3) is 0 Å². The lowest BCUT2D eigenvalue weighted by Gasteiger charge is -2.01. The van der Waals surface area contributed by atoms with Gasteiger partial charge in [0.15, 0.2) is 0 Å². The van der Waals surface area contributed by atoms with Gasteiger partial charge in [-0.2, -0.15) is 5.01 Å². The highest BCUT2D eigenvalue weighted by atomic mass is 16.5. The van der Waals surface area contributed by atoms with E-state index < -0.39 is 0 Å². The van der Waals surface area contributed by atoms with Crippen molar-refractivity contribution >= 4 is 5.88 Å². The minimum absolute atomic E-state index is 0.293. The van der Waals surface area contributed by atoms with Gasteiger partial charge in [0.1, 0.15) is 0 Å². The maximum Gasteiger partial charge on any atom is 0.296 e. The van der Waals surface area contributed by atoms with Crippen molar-refractivity contribution in [3.05, 3.63) is 18.9 Å². The zero-order chi connectivity index (χ0) is 8.27. The largest absolute Gasteiger partial charge is 0.362 e. The van der Waals surface area contributed by atoms with Crippen LogP contribution in [0.5, 0.6) is 0 Å². The third-order valence-corrected chi connectivity index (χ3v) is 1.22. The van der Waals surface area contributed by atoms with Crippen molar-refractivity contribution in [2.24, 2.45) is 0 Å². The van der Waals surface area contributed by atoms with E-state index in [2.05, 4.69) is 16.4 Å². The van der Waals surface area contributed by atoms with E-state index in [1.165, 1.54) is 4.79 Å². The number of rotatable bonds is 3. The Bertz CT molecular complexity index is 244. The Labute approximate surface area is 64.6 Å². The van der Waals surface area contributed by atoms with Gasteiger partial charge >= 0.3 is 0 Å². The van der Waals surface area contributed by atoms with Gasteiger partial charge < -0.3 is 5.73 Å². The van der Waals surface area contributed by atoms with Crippen LogP contribution in [-0.4, -0.2) is 18.9 Å². The molecule has 1 rings (SSSR count). The molecule has 0 aliphatic rings. The number of likely N-dealkylation sites (N-methyl/N-ethyl adjacent to an activating group) is 1. The highest BCUT2D eigenvalue weighted by molar-refractivity contribution is 5.11. The number of anilines is 1. The second-order valence-electron chi connectivity index (χ2n) is 2.15. The van der Waals surface area contributed by atoms with Gasteiger partial charge in [0.25, 0.3) is 12.1 Å². The van der Waals surface area contributed by atoms with E-state index in [0.29, 0.717) is 12.4 Å². The monoisotopic (exact) mass is 155 g/mol. The molecule has 1 aromatic heterocycles. The van der Waals surface area contributed by atoms with Crippen LogP contribution in [0.3, 0.4) is 0 Å². The minimum atomic E-state index is 0.293. The van der Waals surface area contributed by atoms with Gasteiger partial charge in [0.2, 0.25) is 5.27 Å². The van der Waals surface area contributed by atoms with Crippen molar-refractivity contribution in [1.29, 1.82) is 0 Å². The summed E-state index contributed by atoms with van der Waals surface area (Å²) in [4.78, 5) is 1.51. The van der Waals surface area contributed by atoms with E-state index in [1.54, 1.807) is 17.3 Å². The van der Waals surface area contributed by atoms with Crippen LogP contribution in [-0.2, 0) is 0 Å². The average molecular weight is 155 g/mol. The molecule has 11 heavy (non-hydrogen) atoms. The smallest absolute Gasteiger partial charge is 0.296 e. The lowest BCUT2D eigenvalue weighted by Crippen LogP contribution is -2.56. The lowest BCUT2D eigenvalue weighted by molar-refractivity contribution is -0.755. The summed E-state index contributed by atoms with van der Waals surface area (Å²) in [5.74, 6) is 0.293. The molecule has 0 aromatic carbocycles. The number of nitrogens with two attached hydrogens (primary N) is 1. The lowest BCUT2D eigenvalue weighted by atomic mass is 10.6. The fourth-order valence-corrected chi connectivity index (χ4v) is 0.681. The molecule has 0 atom stereocenters. The zero-order valence-corrected chi connectivity index (χ0v) is 6.40. The van der Waals surface area contributed by atoms with Crippen molar-refractivity contribution < 1.29 is 9.31 Å². The second kappa shape index (κ2) is 3.05. The van der Waals surface area contributed by atoms with E-state index in [0.717, 1.165) is 0 Å². The first-order valence-corrected chi connectivity index (χ1v) is 3.20. The molecule has 0 unspecified atom stereocenters. The predicted molar refractivity (Wildman–Crippen MR) is 40.3 cm³/mol. The normalized spacial score (nSPS) is 9.55. The molecule has 2 N–H and O–H groups in total. The molecule has 0 aliphatic heterocycles. The molecule has 0 aliphatic carbocycles. The highest BCUT2D eigenvalue weighted by Gasteiger charge is 2.12. The Kier molecular flexibility index (Phi) is 2.10. The fourth-order valence-electron chi connectivity index (χ4n) is 0.681. The van der Waals surface area contributed by atoms with Crippen molar-refractivity contribution in [2.45, 2.75) is 0 Å². The molecule has 5 nitrogen and oxygen atoms in total. The van der Waals surface area contributed by atoms with Gasteiger partial charge in [-0.05, 0) is 0 Å². The summed E-state index contributed by atoms with van der Waals surface area (Å²) in [5, 5.41) is 5.43. The quantitative estimate of drug-likeness (QED) is 0.463. The van der Waals surface area contributed by atoms with Crippen molar-refractivity contribution in [2.75, 3.05) is 24.3 Å². The van der Waals surface area contributed by atoms with Crippen LogP contribution < -0.4 is 15.5 Å². The molecule has 5 heteroatoms. The summed E-state index contributed by atoms with van der Waals surface area (Å²) < 4.78 is 4.65. The average Bonchev–Trinajstić information content (AvgIpc) is 2.36. The molecule has 60 valence electrons. The molecule has 0 radical (unpaired) electrons. The van der Waals surface area contributed by atoms with Gasteiger partial charge in [-0.15, -0.1) is 6.58 Å². The van der Waals surface area contributed by atoms with Gasteiger partial charge in [-0.1, -0.05) is 6.08 Å². The van der Waals surface area contributed by atoms with E-state index >= 15 is 0 Å². The van der Waals surface area contributed by atoms with Crippen LogP contribution >= 0.6 is 0 Å². The fraction of sp³-hybridized carbons (Fsp3) is 0.333. The number of nitrogen functional groups attached to an aromatic ring is 1. The summed E-state index contributed by atoms with van der Waals surface area (Å²) in [6.07, 6.45) is 3.35. The molecular formula is C6H11N4O+. The summed E-state index contributed by atoms with van der Waals surface area (Å²) in [6.45, 7) is 4.28. The number of hydrogen-bond donors (Lipinski definition) is 1. The number of nitrogens with zero attached hydrogens (tertiary/aromatic N) is 3. The first kappa shape index (κ1) is 7.59. The Morgan fingerprint density at radius 3 is 3.18 bits per heavy atom. The third kappa shape index (κ3) is 1.70. The van der Waals surface area contributed by atoms with Crippen molar-refractivity contribution in [3.8, 4) is 0 Å². The van der Waals surface area contributed by atoms with Crippen LogP contribution in [0.1, 0.15) is 0 Å². The zero-order valence-electron chi connectivity index (χ0n) is 6.40. The van der Waals surface area contributed by atoms with Crippen LogP contribution in [0.4, 0.5) is 5.88 Å². The molecule has 0 bridgehead atoms. The summed E-state index contributed by atoms with van der Waals surface area (Å²) in [5.41, 5.74) is 5.31. The Balaban J connectivity index is 2.67. The van der Waals surface area contributed by atoms with Crippen LogP contribution in [0, 0.1) is 0 Å². The first-order chi connectivity index (χ1) is 5.24. The van der Waals surface area contributed by atoms with Crippen molar-refractivity contribution in [3.63, 3.8) is 0 Å². The molecule has 1 heterocycles. The minimum Gasteiger partial charge on any atom is -0.362 e. The molecule has 0 amide bonds. The van der Waals surface area contributed by atoms with Crippen LogP contribution in [0.2, 0.25) is 0 Å². The summed E-state index contributed by atoms with van der Waals surface area (Å²) >= 11 is 0. The third-order valence-electron chi connectivity index (χ3n) is 1.22.